The highest BCUT2D eigenvalue weighted by Crippen LogP contribution is 2.21. The number of nitrogens with two attached hydrogens (primary N) is 1. The molecule has 1 heterocycles. The third-order valence-electron chi connectivity index (χ3n) is 2.20. The van der Waals surface area contributed by atoms with Crippen LogP contribution in [-0.4, -0.2) is 9.97 Å². The van der Waals surface area contributed by atoms with Crippen LogP contribution in [0, 0.1) is 19.7 Å². The molecule has 0 amide bonds. The minimum Gasteiger partial charge on any atom is -0.384 e. The highest BCUT2D eigenvalue weighted by Gasteiger charge is 2.05. The lowest BCUT2D eigenvalue weighted by atomic mass is 10.1. The van der Waals surface area contributed by atoms with Crippen LogP contribution < -0.4 is 5.73 Å². The molecule has 0 bridgehead atoms. The first-order chi connectivity index (χ1) is 7.54. The van der Waals surface area contributed by atoms with E-state index in [1.165, 1.54) is 12.1 Å². The Morgan fingerprint density at radius 2 is 1.81 bits per heavy atom. The van der Waals surface area contributed by atoms with Gasteiger partial charge in [0.15, 0.2) is 0 Å². The topological polar surface area (TPSA) is 51.8 Å². The number of nitrogens with zero attached hydrogens (tertiary/aromatic N) is 2. The molecule has 0 spiro atoms. The van der Waals surface area contributed by atoms with Crippen LogP contribution in [0.4, 0.5) is 10.2 Å². The fraction of sp³-hybridized carbons (Fsp3) is 0.167. The zero-order valence-electron chi connectivity index (χ0n) is 9.16. The highest BCUT2D eigenvalue weighted by atomic mass is 19.1. The van der Waals surface area contributed by atoms with Crippen molar-refractivity contribution >= 4 is 5.82 Å². The van der Waals surface area contributed by atoms with Crippen LogP contribution in [0.15, 0.2) is 24.3 Å². The van der Waals surface area contributed by atoms with Gasteiger partial charge < -0.3 is 5.73 Å². The van der Waals surface area contributed by atoms with E-state index in [2.05, 4.69) is 9.97 Å². The summed E-state index contributed by atoms with van der Waals surface area (Å²) in [5.74, 6) is 0.700. The van der Waals surface area contributed by atoms with E-state index in [-0.39, 0.29) is 5.82 Å². The molecule has 82 valence electrons. The summed E-state index contributed by atoms with van der Waals surface area (Å²) in [5, 5.41) is 0. The zero-order valence-corrected chi connectivity index (χ0v) is 9.16. The van der Waals surface area contributed by atoms with Gasteiger partial charge in [-0.2, -0.15) is 0 Å². The Morgan fingerprint density at radius 3 is 2.44 bits per heavy atom. The molecule has 0 unspecified atom stereocenters. The number of halogens is 1. The van der Waals surface area contributed by atoms with E-state index in [1.54, 1.807) is 13.0 Å². The molecular formula is C12H12FN3. The van der Waals surface area contributed by atoms with Gasteiger partial charge in [0.05, 0.1) is 5.69 Å². The lowest BCUT2D eigenvalue weighted by Crippen LogP contribution is -1.97. The van der Waals surface area contributed by atoms with Crippen molar-refractivity contribution in [1.82, 2.24) is 9.97 Å². The average Bonchev–Trinajstić information content (AvgIpc) is 2.14. The molecule has 2 aromatic rings. The maximum Gasteiger partial charge on any atom is 0.128 e. The van der Waals surface area contributed by atoms with E-state index in [1.807, 2.05) is 13.0 Å². The summed E-state index contributed by atoms with van der Waals surface area (Å²) in [6.45, 7) is 3.59. The van der Waals surface area contributed by atoms with Crippen LogP contribution in [0.1, 0.15) is 11.4 Å². The van der Waals surface area contributed by atoms with Crippen molar-refractivity contribution in [2.75, 3.05) is 5.73 Å². The number of anilines is 1. The molecule has 0 radical (unpaired) electrons. The van der Waals surface area contributed by atoms with Crippen LogP contribution in [-0.2, 0) is 0 Å². The van der Waals surface area contributed by atoms with E-state index in [9.17, 15) is 4.39 Å². The van der Waals surface area contributed by atoms with E-state index in [0.717, 1.165) is 11.1 Å². The number of hydrogen-bond donors (Lipinski definition) is 1. The van der Waals surface area contributed by atoms with Crippen LogP contribution in [0.5, 0.6) is 0 Å². The molecule has 2 rings (SSSR count). The van der Waals surface area contributed by atoms with E-state index < -0.39 is 0 Å². The number of hydrogen-bond acceptors (Lipinski definition) is 3. The number of aromatic nitrogens is 2. The van der Waals surface area contributed by atoms with Crippen LogP contribution >= 0.6 is 0 Å². The minimum absolute atomic E-state index is 0.273. The number of rotatable bonds is 1. The Bertz CT molecular complexity index is 448. The Labute approximate surface area is 93.2 Å². The predicted octanol–water partition coefficient (Wildman–Crippen LogP) is 2.48. The molecule has 3 nitrogen and oxygen atoms in total. The first-order valence-corrected chi connectivity index (χ1v) is 4.93. The van der Waals surface area contributed by atoms with Gasteiger partial charge in [0.1, 0.15) is 17.5 Å². The smallest absolute Gasteiger partial charge is 0.128 e. The second-order valence-electron chi connectivity index (χ2n) is 3.74. The normalized spacial score (nSPS) is 10.4. The van der Waals surface area contributed by atoms with Gasteiger partial charge in [0.25, 0.3) is 0 Å². The lowest BCUT2D eigenvalue weighted by molar-refractivity contribution is 0.627. The van der Waals surface area contributed by atoms with Gasteiger partial charge in [-0.3, -0.25) is 0 Å². The van der Waals surface area contributed by atoms with Gasteiger partial charge in [-0.15, -0.1) is 0 Å². The fourth-order valence-corrected chi connectivity index (χ4v) is 1.62. The fourth-order valence-electron chi connectivity index (χ4n) is 1.62. The van der Waals surface area contributed by atoms with Gasteiger partial charge in [-0.05, 0) is 37.6 Å². The van der Waals surface area contributed by atoms with Crippen LogP contribution in [0.3, 0.4) is 0 Å². The molecule has 0 aliphatic carbocycles. The predicted molar refractivity (Wildman–Crippen MR) is 61.3 cm³/mol. The monoisotopic (exact) mass is 217 g/mol. The SMILES string of the molecule is Cc1cc(F)cc(-c2cc(N)nc(C)n2)c1. The van der Waals surface area contributed by atoms with Crippen LogP contribution in [0.25, 0.3) is 11.3 Å². The summed E-state index contributed by atoms with van der Waals surface area (Å²) in [4.78, 5) is 8.21. The zero-order chi connectivity index (χ0) is 11.7. The molecule has 0 saturated carbocycles. The Morgan fingerprint density at radius 1 is 1.06 bits per heavy atom. The maximum absolute atomic E-state index is 13.2. The van der Waals surface area contributed by atoms with E-state index >= 15 is 0 Å². The van der Waals surface area contributed by atoms with Gasteiger partial charge in [0, 0.05) is 11.6 Å². The number of aryl methyl sites for hydroxylation is 2. The second kappa shape index (κ2) is 3.89. The molecule has 0 aliphatic heterocycles. The van der Waals surface area contributed by atoms with Crippen LogP contribution in [0.2, 0.25) is 0 Å². The Balaban J connectivity index is 2.57. The van der Waals surface area contributed by atoms with Gasteiger partial charge >= 0.3 is 0 Å². The average molecular weight is 217 g/mol. The molecule has 0 aliphatic rings. The van der Waals surface area contributed by atoms with Crippen molar-refractivity contribution in [1.29, 1.82) is 0 Å². The molecule has 0 saturated heterocycles. The summed E-state index contributed by atoms with van der Waals surface area (Å²) >= 11 is 0. The lowest BCUT2D eigenvalue weighted by Gasteiger charge is -2.05. The molecule has 1 aromatic heterocycles. The minimum atomic E-state index is -0.273. The largest absolute Gasteiger partial charge is 0.384 e. The van der Waals surface area contributed by atoms with Crippen molar-refractivity contribution < 1.29 is 4.39 Å². The maximum atomic E-state index is 13.2. The van der Waals surface area contributed by atoms with Crippen molar-refractivity contribution in [3.63, 3.8) is 0 Å². The summed E-state index contributed by atoms with van der Waals surface area (Å²) in [6, 6.07) is 6.42. The third kappa shape index (κ3) is 2.16. The number of nitrogen functional groups attached to an aromatic ring is 1. The van der Waals surface area contributed by atoms with Crippen molar-refractivity contribution in [2.45, 2.75) is 13.8 Å². The molecule has 0 atom stereocenters. The van der Waals surface area contributed by atoms with E-state index in [0.29, 0.717) is 17.3 Å². The first kappa shape index (κ1) is 10.5. The van der Waals surface area contributed by atoms with Gasteiger partial charge in [-0.25, -0.2) is 14.4 Å². The number of benzene rings is 1. The third-order valence-corrected chi connectivity index (χ3v) is 2.20. The van der Waals surface area contributed by atoms with Crippen molar-refractivity contribution in [2.24, 2.45) is 0 Å². The molecule has 0 fully saturated rings. The van der Waals surface area contributed by atoms with E-state index in [4.69, 9.17) is 5.73 Å². The quantitative estimate of drug-likeness (QED) is 0.798. The van der Waals surface area contributed by atoms with Crippen molar-refractivity contribution in [3.8, 4) is 11.3 Å². The molecule has 4 heteroatoms. The van der Waals surface area contributed by atoms with Crippen molar-refractivity contribution in [3.05, 3.63) is 41.5 Å². The first-order valence-electron chi connectivity index (χ1n) is 4.93. The molecule has 2 N–H and O–H groups in total. The standard InChI is InChI=1S/C12H12FN3/c1-7-3-9(5-10(13)4-7)11-6-12(14)16-8(2)15-11/h3-6H,1-2H3,(H2,14,15,16). The molecule has 16 heavy (non-hydrogen) atoms. The Kier molecular flexibility index (Phi) is 2.56. The molecular weight excluding hydrogens is 205 g/mol. The van der Waals surface area contributed by atoms with Gasteiger partial charge in [-0.1, -0.05) is 0 Å². The second-order valence-corrected chi connectivity index (χ2v) is 3.74. The summed E-state index contributed by atoms with van der Waals surface area (Å²) in [6.07, 6.45) is 0. The summed E-state index contributed by atoms with van der Waals surface area (Å²) < 4.78 is 13.2. The summed E-state index contributed by atoms with van der Waals surface area (Å²) in [5.41, 5.74) is 7.84. The highest BCUT2D eigenvalue weighted by molar-refractivity contribution is 5.62. The molecule has 1 aromatic carbocycles. The van der Waals surface area contributed by atoms with Gasteiger partial charge in [0.2, 0.25) is 0 Å². The summed E-state index contributed by atoms with van der Waals surface area (Å²) in [7, 11) is 0. The Hall–Kier alpha value is -1.97.